The molecule has 0 aromatic carbocycles. The highest BCUT2D eigenvalue weighted by molar-refractivity contribution is 4.48. The Bertz CT molecular complexity index is 137. The van der Waals surface area contributed by atoms with Crippen molar-refractivity contribution in [3.05, 3.63) is 0 Å². The van der Waals surface area contributed by atoms with Crippen LogP contribution in [0, 0.1) is 0 Å². The molecule has 0 aromatic heterocycles. The predicted octanol–water partition coefficient (Wildman–Crippen LogP) is 5.00. The van der Waals surface area contributed by atoms with E-state index in [9.17, 15) is 0 Å². The lowest BCUT2D eigenvalue weighted by molar-refractivity contribution is -0.928. The quantitative estimate of drug-likeness (QED) is 0.333. The molecule has 0 atom stereocenters. The van der Waals surface area contributed by atoms with Gasteiger partial charge in [0, 0.05) is 0 Å². The summed E-state index contributed by atoms with van der Waals surface area (Å²) < 4.78 is 1.40. The van der Waals surface area contributed by atoms with Crippen LogP contribution in [0.5, 0.6) is 0 Å². The molecular weight excluding hydrogens is 206 g/mol. The molecule has 0 saturated heterocycles. The molecular formula is C16H36N+. The summed E-state index contributed by atoms with van der Waals surface area (Å²) in [6.45, 7) is 14.9. The summed E-state index contributed by atoms with van der Waals surface area (Å²) in [5, 5.41) is 0. The van der Waals surface area contributed by atoms with E-state index in [0.717, 1.165) is 0 Å². The number of unbranched alkanes of at least 4 members (excludes halogenated alkanes) is 4. The van der Waals surface area contributed by atoms with Crippen LogP contribution in [0.4, 0.5) is 0 Å². The fourth-order valence-electron chi connectivity index (χ4n) is 3.14. The molecule has 0 spiro atoms. The lowest BCUT2D eigenvalue weighted by atomic mass is 10.1. The van der Waals surface area contributed by atoms with Gasteiger partial charge in [0.2, 0.25) is 0 Å². The molecule has 0 radical (unpaired) electrons. The first kappa shape index (κ1) is 17.0. The van der Waals surface area contributed by atoms with E-state index >= 15 is 0 Å². The van der Waals surface area contributed by atoms with Gasteiger partial charge in [-0.3, -0.25) is 0 Å². The fourth-order valence-corrected chi connectivity index (χ4v) is 3.14. The Morgan fingerprint density at radius 1 is 0.471 bits per heavy atom. The van der Waals surface area contributed by atoms with Crippen LogP contribution in [0.15, 0.2) is 0 Å². The molecule has 0 unspecified atom stereocenters. The van der Waals surface area contributed by atoms with E-state index in [0.29, 0.717) is 0 Å². The average Bonchev–Trinajstić information content (AvgIpc) is 2.30. The van der Waals surface area contributed by atoms with Crippen molar-refractivity contribution in [2.24, 2.45) is 0 Å². The van der Waals surface area contributed by atoms with Crippen molar-refractivity contribution in [3.8, 4) is 0 Å². The molecule has 0 saturated carbocycles. The molecule has 0 heterocycles. The SMILES string of the molecule is CCCCCCC[N+](CCC)(CCC)CCC. The van der Waals surface area contributed by atoms with Crippen LogP contribution in [0.1, 0.15) is 79.1 Å². The van der Waals surface area contributed by atoms with Crippen molar-refractivity contribution >= 4 is 0 Å². The highest BCUT2D eigenvalue weighted by Crippen LogP contribution is 2.15. The summed E-state index contributed by atoms with van der Waals surface area (Å²) in [7, 11) is 0. The second-order valence-electron chi connectivity index (χ2n) is 5.65. The van der Waals surface area contributed by atoms with Crippen LogP contribution in [0.2, 0.25) is 0 Å². The van der Waals surface area contributed by atoms with E-state index in [4.69, 9.17) is 0 Å². The number of hydrogen-bond acceptors (Lipinski definition) is 0. The van der Waals surface area contributed by atoms with Gasteiger partial charge in [-0.25, -0.2) is 0 Å². The monoisotopic (exact) mass is 242 g/mol. The molecule has 0 rings (SSSR count). The summed E-state index contributed by atoms with van der Waals surface area (Å²) in [4.78, 5) is 0. The summed E-state index contributed by atoms with van der Waals surface area (Å²) in [6.07, 6.45) is 11.2. The molecule has 0 aromatic rings. The Morgan fingerprint density at radius 2 is 0.941 bits per heavy atom. The Balaban J connectivity index is 4.05. The van der Waals surface area contributed by atoms with Crippen molar-refractivity contribution in [2.45, 2.75) is 79.1 Å². The van der Waals surface area contributed by atoms with E-state index in [2.05, 4.69) is 27.7 Å². The minimum Gasteiger partial charge on any atom is -0.324 e. The van der Waals surface area contributed by atoms with Gasteiger partial charge < -0.3 is 4.48 Å². The first-order valence-corrected chi connectivity index (χ1v) is 8.09. The van der Waals surface area contributed by atoms with Crippen molar-refractivity contribution in [1.29, 1.82) is 0 Å². The highest BCUT2D eigenvalue weighted by Gasteiger charge is 2.23. The molecule has 0 aliphatic carbocycles. The number of hydrogen-bond donors (Lipinski definition) is 0. The zero-order chi connectivity index (χ0) is 13.0. The standard InChI is InChI=1S/C16H36N/c1-5-9-10-11-12-16-17(13-6-2,14-7-3)15-8-4/h5-16H2,1-4H3/q+1. The molecule has 0 N–H and O–H groups in total. The Morgan fingerprint density at radius 3 is 1.35 bits per heavy atom. The molecule has 0 aliphatic heterocycles. The maximum Gasteiger partial charge on any atom is 0.0786 e. The molecule has 1 heteroatoms. The van der Waals surface area contributed by atoms with Gasteiger partial charge in [-0.15, -0.1) is 0 Å². The van der Waals surface area contributed by atoms with Crippen molar-refractivity contribution < 1.29 is 4.48 Å². The molecule has 0 amide bonds. The van der Waals surface area contributed by atoms with Gasteiger partial charge in [0.05, 0.1) is 26.2 Å². The summed E-state index contributed by atoms with van der Waals surface area (Å²) >= 11 is 0. The van der Waals surface area contributed by atoms with E-state index < -0.39 is 0 Å². The van der Waals surface area contributed by atoms with Crippen LogP contribution >= 0.6 is 0 Å². The minimum atomic E-state index is 1.34. The smallest absolute Gasteiger partial charge is 0.0786 e. The number of rotatable bonds is 12. The van der Waals surface area contributed by atoms with Gasteiger partial charge in [0.15, 0.2) is 0 Å². The number of quaternary nitrogens is 1. The molecule has 0 bridgehead atoms. The van der Waals surface area contributed by atoms with E-state index in [-0.39, 0.29) is 0 Å². The topological polar surface area (TPSA) is 0 Å². The average molecular weight is 242 g/mol. The normalized spacial score (nSPS) is 12.0. The zero-order valence-corrected chi connectivity index (χ0v) is 12.9. The molecule has 0 aliphatic rings. The van der Waals surface area contributed by atoms with Crippen molar-refractivity contribution in [2.75, 3.05) is 26.2 Å². The maximum absolute atomic E-state index is 2.34. The maximum atomic E-state index is 2.34. The van der Waals surface area contributed by atoms with Crippen molar-refractivity contribution in [3.63, 3.8) is 0 Å². The molecule has 1 nitrogen and oxygen atoms in total. The van der Waals surface area contributed by atoms with Gasteiger partial charge in [-0.05, 0) is 32.1 Å². The zero-order valence-electron chi connectivity index (χ0n) is 12.9. The number of nitrogens with zero attached hydrogens (tertiary/aromatic N) is 1. The fraction of sp³-hybridized carbons (Fsp3) is 1.00. The van der Waals surface area contributed by atoms with Crippen LogP contribution in [0.3, 0.4) is 0 Å². The second-order valence-corrected chi connectivity index (χ2v) is 5.65. The predicted molar refractivity (Wildman–Crippen MR) is 79.4 cm³/mol. The Hall–Kier alpha value is -0.0400. The summed E-state index contributed by atoms with van der Waals surface area (Å²) in [5.74, 6) is 0. The van der Waals surface area contributed by atoms with Gasteiger partial charge >= 0.3 is 0 Å². The van der Waals surface area contributed by atoms with Gasteiger partial charge in [-0.1, -0.05) is 47.0 Å². The Labute approximate surface area is 110 Å². The van der Waals surface area contributed by atoms with Crippen LogP contribution in [-0.4, -0.2) is 30.7 Å². The Kier molecular flexibility index (Phi) is 11.0. The lowest BCUT2D eigenvalue weighted by Crippen LogP contribution is -2.50. The first-order valence-electron chi connectivity index (χ1n) is 8.09. The van der Waals surface area contributed by atoms with Gasteiger partial charge in [0.1, 0.15) is 0 Å². The largest absolute Gasteiger partial charge is 0.324 e. The van der Waals surface area contributed by atoms with E-state index in [1.54, 1.807) is 0 Å². The van der Waals surface area contributed by atoms with Crippen LogP contribution in [0.25, 0.3) is 0 Å². The third-order valence-electron chi connectivity index (χ3n) is 3.83. The van der Waals surface area contributed by atoms with E-state index in [1.807, 2.05) is 0 Å². The highest BCUT2D eigenvalue weighted by atomic mass is 15.3. The molecule has 17 heavy (non-hydrogen) atoms. The lowest BCUT2D eigenvalue weighted by Gasteiger charge is -2.38. The minimum absolute atomic E-state index is 1.34. The first-order chi connectivity index (χ1) is 8.24. The van der Waals surface area contributed by atoms with Crippen LogP contribution < -0.4 is 0 Å². The second kappa shape index (κ2) is 11.1. The van der Waals surface area contributed by atoms with Gasteiger partial charge in [-0.2, -0.15) is 0 Å². The third-order valence-corrected chi connectivity index (χ3v) is 3.83. The van der Waals surface area contributed by atoms with E-state index in [1.165, 1.54) is 82.0 Å². The third kappa shape index (κ3) is 7.81. The summed E-state index contributed by atoms with van der Waals surface area (Å²) in [5.41, 5.74) is 0. The molecule has 104 valence electrons. The summed E-state index contributed by atoms with van der Waals surface area (Å²) in [6, 6.07) is 0. The van der Waals surface area contributed by atoms with Gasteiger partial charge in [0.25, 0.3) is 0 Å². The van der Waals surface area contributed by atoms with Crippen molar-refractivity contribution in [1.82, 2.24) is 0 Å². The van der Waals surface area contributed by atoms with Crippen LogP contribution in [-0.2, 0) is 0 Å². The molecule has 0 fully saturated rings.